The number of pyridine rings is 1. The fraction of sp³-hybridized carbons (Fsp3) is 0.250. The van der Waals surface area contributed by atoms with Gasteiger partial charge < -0.3 is 5.32 Å². The summed E-state index contributed by atoms with van der Waals surface area (Å²) in [7, 11) is 1.86. The molecule has 0 saturated heterocycles. The summed E-state index contributed by atoms with van der Waals surface area (Å²) in [4.78, 5) is 15.7. The maximum absolute atomic E-state index is 11.8. The van der Waals surface area contributed by atoms with Crippen molar-refractivity contribution in [2.24, 2.45) is 7.05 Å². The van der Waals surface area contributed by atoms with Gasteiger partial charge in [0.1, 0.15) is 5.15 Å². The van der Waals surface area contributed by atoms with E-state index in [2.05, 4.69) is 15.4 Å². The van der Waals surface area contributed by atoms with Gasteiger partial charge in [-0.05, 0) is 24.1 Å². The number of halogens is 1. The van der Waals surface area contributed by atoms with Crippen LogP contribution in [0.1, 0.15) is 15.9 Å². The van der Waals surface area contributed by atoms with E-state index >= 15 is 0 Å². The Bertz CT molecular complexity index is 553. The first kappa shape index (κ1) is 12.6. The number of aryl methyl sites for hydroxylation is 1. The molecule has 0 atom stereocenters. The number of aromatic nitrogens is 3. The van der Waals surface area contributed by atoms with Crippen LogP contribution in [0.2, 0.25) is 5.15 Å². The quantitative estimate of drug-likeness (QED) is 0.850. The Morgan fingerprint density at radius 2 is 2.39 bits per heavy atom. The third-order valence-electron chi connectivity index (χ3n) is 2.46. The number of nitrogens with one attached hydrogen (secondary N) is 1. The molecule has 0 aliphatic heterocycles. The van der Waals surface area contributed by atoms with Crippen molar-refractivity contribution in [2.45, 2.75) is 6.42 Å². The lowest BCUT2D eigenvalue weighted by Gasteiger charge is -2.04. The Kier molecular flexibility index (Phi) is 3.94. The minimum atomic E-state index is -0.211. The molecule has 0 bridgehead atoms. The highest BCUT2D eigenvalue weighted by atomic mass is 35.5. The first-order chi connectivity index (χ1) is 8.66. The Hall–Kier alpha value is -1.88. The first-order valence-electron chi connectivity index (χ1n) is 5.53. The van der Waals surface area contributed by atoms with E-state index in [0.29, 0.717) is 12.1 Å². The molecule has 2 rings (SSSR count). The molecule has 0 unspecified atom stereocenters. The smallest absolute Gasteiger partial charge is 0.254 e. The number of nitrogens with zero attached hydrogens (tertiary/aromatic N) is 3. The Morgan fingerprint density at radius 1 is 1.56 bits per heavy atom. The van der Waals surface area contributed by atoms with Crippen LogP contribution in [-0.2, 0) is 13.5 Å². The number of hydrogen-bond acceptors (Lipinski definition) is 3. The van der Waals surface area contributed by atoms with Crippen molar-refractivity contribution in [3.05, 3.63) is 47.0 Å². The number of hydrogen-bond donors (Lipinski definition) is 1. The van der Waals surface area contributed by atoms with Gasteiger partial charge in [-0.15, -0.1) is 0 Å². The van der Waals surface area contributed by atoms with E-state index in [1.165, 1.54) is 0 Å². The zero-order valence-corrected chi connectivity index (χ0v) is 10.7. The van der Waals surface area contributed by atoms with Crippen LogP contribution in [0.5, 0.6) is 0 Å². The molecule has 94 valence electrons. The fourth-order valence-electron chi connectivity index (χ4n) is 1.57. The molecule has 0 spiro atoms. The Morgan fingerprint density at radius 3 is 3.06 bits per heavy atom. The highest BCUT2D eigenvalue weighted by Gasteiger charge is 2.09. The van der Waals surface area contributed by atoms with Crippen molar-refractivity contribution >= 4 is 17.5 Å². The molecular weight excluding hydrogens is 252 g/mol. The van der Waals surface area contributed by atoms with Crippen LogP contribution in [0.4, 0.5) is 0 Å². The lowest BCUT2D eigenvalue weighted by atomic mass is 10.2. The normalized spacial score (nSPS) is 10.3. The number of carbonyl (C=O) groups is 1. The Labute approximate surface area is 110 Å². The summed E-state index contributed by atoms with van der Waals surface area (Å²) in [6.45, 7) is 0.537. The van der Waals surface area contributed by atoms with Crippen LogP contribution in [0.3, 0.4) is 0 Å². The molecule has 0 aromatic carbocycles. The van der Waals surface area contributed by atoms with Gasteiger partial charge in [-0.1, -0.05) is 11.6 Å². The van der Waals surface area contributed by atoms with Crippen LogP contribution in [-0.4, -0.2) is 27.2 Å². The average molecular weight is 265 g/mol. The zero-order valence-electron chi connectivity index (χ0n) is 9.93. The molecule has 0 saturated carbocycles. The molecule has 0 radical (unpaired) electrons. The minimum Gasteiger partial charge on any atom is -0.352 e. The van der Waals surface area contributed by atoms with E-state index in [1.807, 2.05) is 13.2 Å². The van der Waals surface area contributed by atoms with Gasteiger partial charge in [0.05, 0.1) is 11.8 Å². The standard InChI is InChI=1S/C12H13ClN4O/c1-17-8-9(7-16-17)4-6-15-12(18)10-3-2-5-14-11(10)13/h2-3,5,7-8H,4,6H2,1H3,(H,15,18). The molecule has 5 nitrogen and oxygen atoms in total. The van der Waals surface area contributed by atoms with E-state index in [1.54, 1.807) is 29.2 Å². The summed E-state index contributed by atoms with van der Waals surface area (Å²) >= 11 is 5.83. The van der Waals surface area contributed by atoms with E-state index in [-0.39, 0.29) is 11.1 Å². The van der Waals surface area contributed by atoms with Crippen molar-refractivity contribution < 1.29 is 4.79 Å². The van der Waals surface area contributed by atoms with E-state index in [0.717, 1.165) is 12.0 Å². The molecule has 0 fully saturated rings. The fourth-order valence-corrected chi connectivity index (χ4v) is 1.78. The van der Waals surface area contributed by atoms with Crippen LogP contribution in [0.25, 0.3) is 0 Å². The summed E-state index contributed by atoms with van der Waals surface area (Å²) in [5.41, 5.74) is 1.47. The largest absolute Gasteiger partial charge is 0.352 e. The number of rotatable bonds is 4. The van der Waals surface area contributed by atoms with Crippen molar-refractivity contribution in [1.82, 2.24) is 20.1 Å². The van der Waals surface area contributed by atoms with Crippen LogP contribution in [0.15, 0.2) is 30.7 Å². The third-order valence-corrected chi connectivity index (χ3v) is 2.76. The predicted octanol–water partition coefficient (Wildman–Crippen LogP) is 1.44. The second-order valence-electron chi connectivity index (χ2n) is 3.87. The summed E-state index contributed by atoms with van der Waals surface area (Å²) in [6, 6.07) is 3.33. The maximum Gasteiger partial charge on any atom is 0.254 e. The van der Waals surface area contributed by atoms with Crippen LogP contribution in [0, 0.1) is 0 Å². The minimum absolute atomic E-state index is 0.211. The zero-order chi connectivity index (χ0) is 13.0. The van der Waals surface area contributed by atoms with Gasteiger partial charge >= 0.3 is 0 Å². The predicted molar refractivity (Wildman–Crippen MR) is 68.5 cm³/mol. The van der Waals surface area contributed by atoms with Gasteiger partial charge in [0.2, 0.25) is 0 Å². The topological polar surface area (TPSA) is 59.8 Å². The van der Waals surface area contributed by atoms with Gasteiger partial charge in [-0.25, -0.2) is 4.98 Å². The van der Waals surface area contributed by atoms with Gasteiger partial charge in [0, 0.05) is 26.0 Å². The SMILES string of the molecule is Cn1cc(CCNC(=O)c2cccnc2Cl)cn1. The van der Waals surface area contributed by atoms with Gasteiger partial charge in [0.25, 0.3) is 5.91 Å². The van der Waals surface area contributed by atoms with Crippen molar-refractivity contribution in [3.63, 3.8) is 0 Å². The number of carbonyl (C=O) groups excluding carboxylic acids is 1. The van der Waals surface area contributed by atoms with Crippen LogP contribution >= 0.6 is 11.6 Å². The molecule has 18 heavy (non-hydrogen) atoms. The highest BCUT2D eigenvalue weighted by molar-refractivity contribution is 6.32. The second-order valence-corrected chi connectivity index (χ2v) is 4.23. The molecule has 1 amide bonds. The molecule has 6 heteroatoms. The molecule has 0 aliphatic rings. The summed E-state index contributed by atoms with van der Waals surface area (Å²) in [6.07, 6.45) is 5.98. The molecular formula is C12H13ClN4O. The van der Waals surface area contributed by atoms with E-state index in [9.17, 15) is 4.79 Å². The third kappa shape index (κ3) is 3.07. The van der Waals surface area contributed by atoms with Crippen molar-refractivity contribution in [1.29, 1.82) is 0 Å². The molecule has 1 N–H and O–H groups in total. The van der Waals surface area contributed by atoms with Crippen LogP contribution < -0.4 is 5.32 Å². The maximum atomic E-state index is 11.8. The summed E-state index contributed by atoms with van der Waals surface area (Å²) in [5, 5.41) is 7.08. The van der Waals surface area contributed by atoms with Gasteiger partial charge in [-0.2, -0.15) is 5.10 Å². The molecule has 2 heterocycles. The van der Waals surface area contributed by atoms with Gasteiger partial charge in [-0.3, -0.25) is 9.48 Å². The highest BCUT2D eigenvalue weighted by Crippen LogP contribution is 2.10. The summed E-state index contributed by atoms with van der Waals surface area (Å²) < 4.78 is 1.73. The van der Waals surface area contributed by atoms with Crippen molar-refractivity contribution in [2.75, 3.05) is 6.54 Å². The van der Waals surface area contributed by atoms with E-state index in [4.69, 9.17) is 11.6 Å². The lowest BCUT2D eigenvalue weighted by Crippen LogP contribution is -2.26. The molecule has 2 aromatic rings. The van der Waals surface area contributed by atoms with E-state index < -0.39 is 0 Å². The number of amides is 1. The second kappa shape index (κ2) is 5.64. The monoisotopic (exact) mass is 264 g/mol. The molecule has 0 aliphatic carbocycles. The Balaban J connectivity index is 1.87. The van der Waals surface area contributed by atoms with Crippen molar-refractivity contribution in [3.8, 4) is 0 Å². The van der Waals surface area contributed by atoms with Gasteiger partial charge in [0.15, 0.2) is 0 Å². The molecule has 2 aromatic heterocycles. The average Bonchev–Trinajstić information content (AvgIpc) is 2.75. The lowest BCUT2D eigenvalue weighted by molar-refractivity contribution is 0.0954. The summed E-state index contributed by atoms with van der Waals surface area (Å²) in [5.74, 6) is -0.211. The first-order valence-corrected chi connectivity index (χ1v) is 5.91.